The van der Waals surface area contributed by atoms with Crippen molar-refractivity contribution in [1.82, 2.24) is 0 Å². The Morgan fingerprint density at radius 1 is 1.57 bits per heavy atom. The molecule has 14 heavy (non-hydrogen) atoms. The summed E-state index contributed by atoms with van der Waals surface area (Å²) in [6.45, 7) is 1.75. The highest BCUT2D eigenvalue weighted by molar-refractivity contribution is 5.95. The average Bonchev–Trinajstić information content (AvgIpc) is 2.15. The molecule has 0 aromatic heterocycles. The minimum Gasteiger partial charge on any atom is -0.490 e. The molecule has 0 aliphatic heterocycles. The number of aliphatic hydroxyl groups excluding tert-OH is 1. The first-order valence-electron chi connectivity index (χ1n) is 4.31. The second-order valence-corrected chi connectivity index (χ2v) is 3.02. The molecule has 1 atom stereocenters. The number of carbonyl (C=O) groups is 1. The number of nitrogens with two attached hydrogens (primary N) is 1. The molecular formula is C10H13NO3. The maximum absolute atomic E-state index is 10.9. The molecule has 4 nitrogen and oxygen atoms in total. The number of para-hydroxylation sites is 1. The lowest BCUT2D eigenvalue weighted by Gasteiger charge is -2.10. The Kier molecular flexibility index (Phi) is 3.48. The highest BCUT2D eigenvalue weighted by Crippen LogP contribution is 2.17. The third-order valence-corrected chi connectivity index (χ3v) is 1.63. The number of carbonyl (C=O) groups excluding carboxylic acids is 1. The normalized spacial score (nSPS) is 12.1. The van der Waals surface area contributed by atoms with Gasteiger partial charge >= 0.3 is 0 Å². The summed E-state index contributed by atoms with van der Waals surface area (Å²) in [6.07, 6.45) is -0.573. The molecule has 0 saturated heterocycles. The number of aliphatic hydroxyl groups is 1. The Morgan fingerprint density at radius 2 is 2.21 bits per heavy atom. The lowest BCUT2D eigenvalue weighted by Crippen LogP contribution is -2.17. The standard InChI is InChI=1S/C10H13NO3/c1-7(12)6-14-9-5-3-2-4-8(9)10(11)13/h2-5,7,12H,6H2,1H3,(H2,11,13)/t7-/m0/s1. The molecule has 0 saturated carbocycles. The third-order valence-electron chi connectivity index (χ3n) is 1.63. The number of benzene rings is 1. The van der Waals surface area contributed by atoms with Crippen molar-refractivity contribution in [2.45, 2.75) is 13.0 Å². The fraction of sp³-hybridized carbons (Fsp3) is 0.300. The second kappa shape index (κ2) is 4.62. The molecule has 1 aromatic carbocycles. The maximum Gasteiger partial charge on any atom is 0.252 e. The van der Waals surface area contributed by atoms with Crippen molar-refractivity contribution in [3.05, 3.63) is 29.8 Å². The van der Waals surface area contributed by atoms with Crippen LogP contribution in [0.2, 0.25) is 0 Å². The van der Waals surface area contributed by atoms with Crippen LogP contribution in [0.5, 0.6) is 5.75 Å². The zero-order chi connectivity index (χ0) is 10.6. The molecule has 0 fully saturated rings. The van der Waals surface area contributed by atoms with Crippen LogP contribution in [0.1, 0.15) is 17.3 Å². The predicted octanol–water partition coefficient (Wildman–Crippen LogP) is 0.545. The largest absolute Gasteiger partial charge is 0.490 e. The van der Waals surface area contributed by atoms with Gasteiger partial charge < -0.3 is 15.6 Å². The summed E-state index contributed by atoms with van der Waals surface area (Å²) in [4.78, 5) is 10.9. The zero-order valence-corrected chi connectivity index (χ0v) is 7.93. The van der Waals surface area contributed by atoms with E-state index in [1.165, 1.54) is 0 Å². The summed E-state index contributed by atoms with van der Waals surface area (Å²) in [7, 11) is 0. The fourth-order valence-electron chi connectivity index (χ4n) is 1.01. The van der Waals surface area contributed by atoms with E-state index in [-0.39, 0.29) is 6.61 Å². The van der Waals surface area contributed by atoms with Crippen LogP contribution in [-0.4, -0.2) is 23.7 Å². The summed E-state index contributed by atoms with van der Waals surface area (Å²) in [5.41, 5.74) is 5.47. The molecule has 0 aliphatic rings. The molecule has 4 heteroatoms. The predicted molar refractivity (Wildman–Crippen MR) is 52.1 cm³/mol. The van der Waals surface area contributed by atoms with E-state index in [0.717, 1.165) is 0 Å². The molecule has 1 amide bonds. The maximum atomic E-state index is 10.9. The van der Waals surface area contributed by atoms with Gasteiger partial charge in [0.2, 0.25) is 0 Å². The molecule has 3 N–H and O–H groups in total. The third kappa shape index (κ3) is 2.74. The van der Waals surface area contributed by atoms with Crippen LogP contribution >= 0.6 is 0 Å². The van der Waals surface area contributed by atoms with Gasteiger partial charge in [0.1, 0.15) is 12.4 Å². The number of amides is 1. The van der Waals surface area contributed by atoms with Crippen molar-refractivity contribution >= 4 is 5.91 Å². The van der Waals surface area contributed by atoms with Crippen LogP contribution in [0.15, 0.2) is 24.3 Å². The summed E-state index contributed by atoms with van der Waals surface area (Å²) in [6, 6.07) is 6.67. The summed E-state index contributed by atoms with van der Waals surface area (Å²) in [5.74, 6) is -0.132. The highest BCUT2D eigenvalue weighted by atomic mass is 16.5. The van der Waals surface area contributed by atoms with E-state index in [1.54, 1.807) is 31.2 Å². The Labute approximate surface area is 82.3 Å². The molecule has 1 aromatic rings. The van der Waals surface area contributed by atoms with Crippen LogP contribution in [0.3, 0.4) is 0 Å². The van der Waals surface area contributed by atoms with Gasteiger partial charge in [-0.05, 0) is 19.1 Å². The minimum atomic E-state index is -0.573. The first-order valence-corrected chi connectivity index (χ1v) is 4.31. The first kappa shape index (κ1) is 10.5. The monoisotopic (exact) mass is 195 g/mol. The van der Waals surface area contributed by atoms with E-state index in [2.05, 4.69) is 0 Å². The highest BCUT2D eigenvalue weighted by Gasteiger charge is 2.08. The lowest BCUT2D eigenvalue weighted by atomic mass is 10.2. The van der Waals surface area contributed by atoms with Crippen LogP contribution < -0.4 is 10.5 Å². The van der Waals surface area contributed by atoms with E-state index in [9.17, 15) is 4.79 Å². The Hall–Kier alpha value is -1.55. The number of rotatable bonds is 4. The number of hydrogen-bond acceptors (Lipinski definition) is 3. The van der Waals surface area contributed by atoms with Crippen molar-refractivity contribution < 1.29 is 14.6 Å². The lowest BCUT2D eigenvalue weighted by molar-refractivity contribution is 0.0983. The smallest absolute Gasteiger partial charge is 0.252 e. The molecule has 0 bridgehead atoms. The van der Waals surface area contributed by atoms with Gasteiger partial charge in [-0.1, -0.05) is 12.1 Å². The second-order valence-electron chi connectivity index (χ2n) is 3.02. The van der Waals surface area contributed by atoms with E-state index < -0.39 is 12.0 Å². The zero-order valence-electron chi connectivity index (χ0n) is 7.93. The number of primary amides is 1. The molecule has 1 rings (SSSR count). The van der Waals surface area contributed by atoms with Crippen molar-refractivity contribution in [2.24, 2.45) is 5.73 Å². The summed E-state index contributed by atoms with van der Waals surface area (Å²) < 4.78 is 5.21. The van der Waals surface area contributed by atoms with E-state index in [1.807, 2.05) is 0 Å². The molecule has 0 spiro atoms. The fourth-order valence-corrected chi connectivity index (χ4v) is 1.01. The van der Waals surface area contributed by atoms with Crippen LogP contribution in [0, 0.1) is 0 Å². The molecule has 0 heterocycles. The van der Waals surface area contributed by atoms with Gasteiger partial charge in [-0.15, -0.1) is 0 Å². The molecule has 0 radical (unpaired) electrons. The quantitative estimate of drug-likeness (QED) is 0.736. The Bertz CT molecular complexity index is 323. The molecule has 0 aliphatic carbocycles. The van der Waals surface area contributed by atoms with Gasteiger partial charge in [-0.2, -0.15) is 0 Å². The van der Waals surface area contributed by atoms with Gasteiger partial charge in [0, 0.05) is 0 Å². The Morgan fingerprint density at radius 3 is 2.79 bits per heavy atom. The van der Waals surface area contributed by atoms with E-state index in [0.29, 0.717) is 11.3 Å². The van der Waals surface area contributed by atoms with Gasteiger partial charge in [0.05, 0.1) is 11.7 Å². The van der Waals surface area contributed by atoms with Crippen LogP contribution in [-0.2, 0) is 0 Å². The average molecular weight is 195 g/mol. The summed E-state index contributed by atoms with van der Waals surface area (Å²) >= 11 is 0. The number of hydrogen-bond donors (Lipinski definition) is 2. The van der Waals surface area contributed by atoms with Gasteiger partial charge in [-0.3, -0.25) is 4.79 Å². The Balaban J connectivity index is 2.79. The van der Waals surface area contributed by atoms with Crippen LogP contribution in [0.25, 0.3) is 0 Å². The molecular weight excluding hydrogens is 182 g/mol. The van der Waals surface area contributed by atoms with Crippen LogP contribution in [0.4, 0.5) is 0 Å². The van der Waals surface area contributed by atoms with Crippen molar-refractivity contribution in [2.75, 3.05) is 6.61 Å². The van der Waals surface area contributed by atoms with Crippen molar-refractivity contribution in [1.29, 1.82) is 0 Å². The van der Waals surface area contributed by atoms with Crippen molar-refractivity contribution in [3.63, 3.8) is 0 Å². The molecule has 76 valence electrons. The van der Waals surface area contributed by atoms with Gasteiger partial charge in [-0.25, -0.2) is 0 Å². The number of ether oxygens (including phenoxy) is 1. The van der Waals surface area contributed by atoms with Gasteiger partial charge in [0.25, 0.3) is 5.91 Å². The summed E-state index contributed by atoms with van der Waals surface area (Å²) in [5, 5.41) is 9.00. The minimum absolute atomic E-state index is 0.143. The topological polar surface area (TPSA) is 72.6 Å². The SMILES string of the molecule is C[C@H](O)COc1ccccc1C(N)=O. The van der Waals surface area contributed by atoms with Crippen molar-refractivity contribution in [3.8, 4) is 5.75 Å². The van der Waals surface area contributed by atoms with E-state index >= 15 is 0 Å². The van der Waals surface area contributed by atoms with Gasteiger partial charge in [0.15, 0.2) is 0 Å². The van der Waals surface area contributed by atoms with E-state index in [4.69, 9.17) is 15.6 Å². The first-order chi connectivity index (χ1) is 6.61. The molecule has 0 unspecified atom stereocenters.